The molecule has 2 aromatic carbocycles. The fourth-order valence-electron chi connectivity index (χ4n) is 4.65. The van der Waals surface area contributed by atoms with Gasteiger partial charge in [-0.15, -0.1) is 0 Å². The normalized spacial score (nSPS) is 17.9. The Balaban J connectivity index is 1.87. The Morgan fingerprint density at radius 1 is 1.07 bits per heavy atom. The number of aliphatic hydroxyl groups excluding tert-OH is 1. The highest BCUT2D eigenvalue weighted by atomic mass is 19.4. The minimum atomic E-state index is -5.03. The average molecular weight is 580 g/mol. The number of alkyl halides is 6. The van der Waals surface area contributed by atoms with E-state index in [9.17, 15) is 40.3 Å². The summed E-state index contributed by atoms with van der Waals surface area (Å²) in [6.45, 7) is 0.539. The van der Waals surface area contributed by atoms with Crippen molar-refractivity contribution in [2.75, 3.05) is 26.8 Å². The number of ether oxygens (including phenoxy) is 1. The molecule has 2 atom stereocenters. The van der Waals surface area contributed by atoms with E-state index >= 15 is 0 Å². The molecule has 0 bridgehead atoms. The van der Waals surface area contributed by atoms with Crippen LogP contribution in [-0.2, 0) is 23.6 Å². The highest BCUT2D eigenvalue weighted by Crippen LogP contribution is 2.37. The zero-order chi connectivity index (χ0) is 29.8. The maximum Gasteiger partial charge on any atom is 0.416 e. The first-order valence-corrected chi connectivity index (χ1v) is 12.2. The molecule has 14 heteroatoms. The molecule has 1 heterocycles. The number of nitrogens with one attached hydrogen (secondary N) is 1. The van der Waals surface area contributed by atoms with Gasteiger partial charge in [0.2, 0.25) is 0 Å². The van der Waals surface area contributed by atoms with Crippen LogP contribution < -0.4 is 5.32 Å². The van der Waals surface area contributed by atoms with Crippen LogP contribution in [0.15, 0.2) is 36.4 Å². The molecule has 1 saturated heterocycles. The molecule has 0 unspecified atom stereocenters. The van der Waals surface area contributed by atoms with Crippen LogP contribution in [0.1, 0.15) is 46.7 Å². The summed E-state index contributed by atoms with van der Waals surface area (Å²) in [5.74, 6) is -0.515. The molecule has 1 aliphatic heterocycles. The third-order valence-electron chi connectivity index (χ3n) is 6.48. The molecule has 0 aliphatic carbocycles. The largest absolute Gasteiger partial charge is 0.447 e. The van der Waals surface area contributed by atoms with Crippen LogP contribution in [0.25, 0.3) is 0 Å². The molecule has 40 heavy (non-hydrogen) atoms. The smallest absolute Gasteiger partial charge is 0.416 e. The fourth-order valence-corrected chi connectivity index (χ4v) is 4.65. The summed E-state index contributed by atoms with van der Waals surface area (Å²) in [5, 5.41) is 11.5. The van der Waals surface area contributed by atoms with Crippen LogP contribution in [0, 0.1) is 12.7 Å². The number of halogens is 7. The molecular formula is C26H28F7N3O4. The van der Waals surface area contributed by atoms with E-state index < -0.39 is 60.0 Å². The molecule has 0 saturated carbocycles. The first-order valence-electron chi connectivity index (χ1n) is 12.2. The quantitative estimate of drug-likeness (QED) is 0.434. The van der Waals surface area contributed by atoms with Crippen LogP contribution in [0.2, 0.25) is 0 Å². The number of amides is 3. The summed E-state index contributed by atoms with van der Waals surface area (Å²) < 4.78 is 98.4. The zero-order valence-electron chi connectivity index (χ0n) is 21.6. The molecule has 2 aromatic rings. The van der Waals surface area contributed by atoms with E-state index in [1.54, 1.807) is 6.92 Å². The summed E-state index contributed by atoms with van der Waals surface area (Å²) in [6.07, 6.45) is -10.4. The highest BCUT2D eigenvalue weighted by molar-refractivity contribution is 5.75. The van der Waals surface area contributed by atoms with Gasteiger partial charge >= 0.3 is 24.5 Å². The van der Waals surface area contributed by atoms with Crippen LogP contribution in [0.3, 0.4) is 0 Å². The van der Waals surface area contributed by atoms with Crippen molar-refractivity contribution in [2.24, 2.45) is 0 Å². The van der Waals surface area contributed by atoms with Crippen LogP contribution in [0.5, 0.6) is 0 Å². The van der Waals surface area contributed by atoms with E-state index in [0.717, 1.165) is 4.90 Å². The van der Waals surface area contributed by atoms with E-state index in [1.165, 1.54) is 30.1 Å². The topological polar surface area (TPSA) is 82.1 Å². The number of rotatable bonds is 6. The molecule has 0 spiro atoms. The van der Waals surface area contributed by atoms with Gasteiger partial charge in [0, 0.05) is 26.2 Å². The van der Waals surface area contributed by atoms with Crippen molar-refractivity contribution in [3.05, 3.63) is 70.0 Å². The van der Waals surface area contributed by atoms with E-state index in [1.807, 2.05) is 0 Å². The van der Waals surface area contributed by atoms with E-state index in [4.69, 9.17) is 9.84 Å². The Morgan fingerprint density at radius 2 is 1.70 bits per heavy atom. The number of aliphatic hydroxyl groups is 1. The standard InChI is InChI=1S/C26H28F7N3O4/c1-15-9-19(27)3-4-21(15)22-13-20(34-23(38)40-8-7-37)5-6-36(22)24(39)35(2)14-16-10-17(25(28,29)30)12-18(11-16)26(31,32)33/h3-4,9-12,20,22,37H,5-8,13-14H2,1-2H3,(H,34,38)/t20-,22+/m0/s1. The molecule has 3 rings (SSSR count). The second-order valence-electron chi connectivity index (χ2n) is 9.49. The maximum atomic E-state index is 13.8. The van der Waals surface area contributed by atoms with Crippen molar-refractivity contribution in [1.82, 2.24) is 15.1 Å². The predicted octanol–water partition coefficient (Wildman–Crippen LogP) is 5.65. The number of hydrogen-bond acceptors (Lipinski definition) is 4. The summed E-state index contributed by atoms with van der Waals surface area (Å²) in [7, 11) is 1.25. The molecular weight excluding hydrogens is 551 g/mol. The van der Waals surface area contributed by atoms with Gasteiger partial charge in [-0.25, -0.2) is 14.0 Å². The van der Waals surface area contributed by atoms with Crippen molar-refractivity contribution >= 4 is 12.1 Å². The summed E-state index contributed by atoms with van der Waals surface area (Å²) in [4.78, 5) is 27.9. The van der Waals surface area contributed by atoms with Crippen molar-refractivity contribution in [2.45, 2.75) is 50.7 Å². The second-order valence-corrected chi connectivity index (χ2v) is 9.49. The SMILES string of the molecule is Cc1cc(F)ccc1[C@H]1C[C@@H](NC(=O)OCCO)CCN1C(=O)N(C)Cc1cc(C(F)(F)F)cc(C(F)(F)F)c1. The van der Waals surface area contributed by atoms with E-state index in [2.05, 4.69) is 5.32 Å². The number of hydrogen-bond donors (Lipinski definition) is 2. The highest BCUT2D eigenvalue weighted by Gasteiger charge is 2.38. The van der Waals surface area contributed by atoms with Crippen molar-refractivity contribution in [3.8, 4) is 0 Å². The van der Waals surface area contributed by atoms with Gasteiger partial charge in [-0.3, -0.25) is 0 Å². The lowest BCUT2D eigenvalue weighted by Crippen LogP contribution is -2.51. The van der Waals surface area contributed by atoms with Crippen molar-refractivity contribution in [3.63, 3.8) is 0 Å². The lowest BCUT2D eigenvalue weighted by molar-refractivity contribution is -0.143. The van der Waals surface area contributed by atoms with Crippen molar-refractivity contribution < 1.29 is 50.2 Å². The number of carbonyl (C=O) groups is 2. The Kier molecular flexibility index (Phi) is 9.54. The van der Waals surface area contributed by atoms with Crippen LogP contribution in [0.4, 0.5) is 40.3 Å². The molecule has 7 nitrogen and oxygen atoms in total. The zero-order valence-corrected chi connectivity index (χ0v) is 21.6. The number of piperidine rings is 1. The molecule has 2 N–H and O–H groups in total. The predicted molar refractivity (Wildman–Crippen MR) is 128 cm³/mol. The summed E-state index contributed by atoms with van der Waals surface area (Å²) >= 11 is 0. The van der Waals surface area contributed by atoms with Crippen molar-refractivity contribution in [1.29, 1.82) is 0 Å². The van der Waals surface area contributed by atoms with Crippen LogP contribution >= 0.6 is 0 Å². The number of urea groups is 1. The Morgan fingerprint density at radius 3 is 2.25 bits per heavy atom. The number of aryl methyl sites for hydroxylation is 1. The van der Waals surface area contributed by atoms with Gasteiger partial charge < -0.3 is 25.0 Å². The first kappa shape index (κ1) is 31.0. The Hall–Kier alpha value is -3.55. The summed E-state index contributed by atoms with van der Waals surface area (Å²) in [6, 6.07) is 3.21. The first-order chi connectivity index (χ1) is 18.6. The molecule has 0 aromatic heterocycles. The van der Waals surface area contributed by atoms with Gasteiger partial charge in [0.1, 0.15) is 12.4 Å². The maximum absolute atomic E-state index is 13.8. The number of benzene rings is 2. The number of likely N-dealkylation sites (tertiary alicyclic amines) is 1. The van der Waals surface area contributed by atoms with Crippen LogP contribution in [-0.4, -0.2) is 59.9 Å². The Labute approximate surface area is 225 Å². The average Bonchev–Trinajstić information content (AvgIpc) is 2.86. The molecule has 0 radical (unpaired) electrons. The number of carbonyl (C=O) groups excluding carboxylic acids is 2. The molecule has 220 valence electrons. The van der Waals surface area contributed by atoms with E-state index in [0.29, 0.717) is 23.3 Å². The molecule has 1 fully saturated rings. The number of nitrogens with zero attached hydrogens (tertiary/aromatic N) is 2. The van der Waals surface area contributed by atoms with Gasteiger partial charge in [-0.1, -0.05) is 6.07 Å². The third kappa shape index (κ3) is 7.77. The van der Waals surface area contributed by atoms with Gasteiger partial charge in [0.15, 0.2) is 0 Å². The monoisotopic (exact) mass is 579 g/mol. The minimum Gasteiger partial charge on any atom is -0.447 e. The van der Waals surface area contributed by atoms with Gasteiger partial charge in [0.25, 0.3) is 0 Å². The second kappa shape index (κ2) is 12.3. The lowest BCUT2D eigenvalue weighted by atomic mass is 9.89. The molecule has 1 aliphatic rings. The van der Waals surface area contributed by atoms with Gasteiger partial charge in [-0.2, -0.15) is 26.3 Å². The minimum absolute atomic E-state index is 0.0159. The Bertz CT molecular complexity index is 1190. The van der Waals surface area contributed by atoms with Gasteiger partial charge in [0.05, 0.1) is 23.8 Å². The van der Waals surface area contributed by atoms with E-state index in [-0.39, 0.29) is 44.2 Å². The molecule has 3 amide bonds. The lowest BCUT2D eigenvalue weighted by Gasteiger charge is -2.42. The summed E-state index contributed by atoms with van der Waals surface area (Å²) in [5.41, 5.74) is -2.29. The number of alkyl carbamates (subject to hydrolysis) is 1. The fraction of sp³-hybridized carbons (Fsp3) is 0.462. The third-order valence-corrected chi connectivity index (χ3v) is 6.48. The van der Waals surface area contributed by atoms with Gasteiger partial charge in [-0.05, 0) is 66.8 Å².